The summed E-state index contributed by atoms with van der Waals surface area (Å²) in [6.45, 7) is 7.46. The molecular weight excluding hydrogens is 234 g/mol. The number of rotatable bonds is 5. The van der Waals surface area contributed by atoms with Crippen molar-refractivity contribution in [3.05, 3.63) is 58.9 Å². The van der Waals surface area contributed by atoms with E-state index in [9.17, 15) is 0 Å². The molecule has 0 radical (unpaired) electrons. The quantitative estimate of drug-likeness (QED) is 0.891. The molecule has 3 nitrogen and oxygen atoms in total. The minimum atomic E-state index is 0.190. The fourth-order valence-electron chi connectivity index (χ4n) is 2.13. The molecule has 3 heteroatoms. The van der Waals surface area contributed by atoms with Gasteiger partial charge < -0.3 is 5.32 Å². The molecule has 0 aliphatic rings. The molecule has 2 rings (SSSR count). The molecule has 0 amide bonds. The second kappa shape index (κ2) is 6.43. The summed E-state index contributed by atoms with van der Waals surface area (Å²) >= 11 is 0. The van der Waals surface area contributed by atoms with Gasteiger partial charge in [-0.2, -0.15) is 10.2 Å². The van der Waals surface area contributed by atoms with Crippen LogP contribution in [-0.4, -0.2) is 16.7 Å². The maximum atomic E-state index is 3.99. The van der Waals surface area contributed by atoms with Gasteiger partial charge in [0.05, 0.1) is 12.2 Å². The maximum Gasteiger partial charge on any atom is 0.0593 e. The highest BCUT2D eigenvalue weighted by atomic mass is 15.1. The predicted octanol–water partition coefficient (Wildman–Crippen LogP) is 3.18. The number of aromatic nitrogens is 2. The summed E-state index contributed by atoms with van der Waals surface area (Å²) in [6.07, 6.45) is 4.69. The van der Waals surface area contributed by atoms with E-state index in [4.69, 9.17) is 0 Å². The Kier molecular flexibility index (Phi) is 4.63. The minimum Gasteiger partial charge on any atom is -0.306 e. The van der Waals surface area contributed by atoms with Gasteiger partial charge in [0.1, 0.15) is 0 Å². The number of benzene rings is 1. The smallest absolute Gasteiger partial charge is 0.0593 e. The summed E-state index contributed by atoms with van der Waals surface area (Å²) in [6, 6.07) is 8.84. The van der Waals surface area contributed by atoms with Crippen molar-refractivity contribution < 1.29 is 0 Å². The first kappa shape index (κ1) is 13.7. The molecule has 19 heavy (non-hydrogen) atoms. The first-order valence-corrected chi connectivity index (χ1v) is 6.79. The Balaban J connectivity index is 2.34. The molecule has 0 saturated heterocycles. The van der Waals surface area contributed by atoms with Crippen molar-refractivity contribution in [1.29, 1.82) is 0 Å². The Bertz CT molecular complexity index is 523. The average Bonchev–Trinajstić information content (AvgIpc) is 2.44. The van der Waals surface area contributed by atoms with Crippen molar-refractivity contribution in [1.82, 2.24) is 15.5 Å². The molecule has 0 spiro atoms. The van der Waals surface area contributed by atoms with E-state index in [1.165, 1.54) is 16.7 Å². The standard InChI is InChI=1S/C16H21N3/c1-4-8-17-16(15-7-9-18-19-11-15)14-6-5-12(2)13(3)10-14/h5-7,9-11,16-17H,4,8H2,1-3H3. The van der Waals surface area contributed by atoms with E-state index < -0.39 is 0 Å². The number of hydrogen-bond donors (Lipinski definition) is 1. The van der Waals surface area contributed by atoms with Crippen LogP contribution >= 0.6 is 0 Å². The van der Waals surface area contributed by atoms with Crippen LogP contribution in [0, 0.1) is 13.8 Å². The van der Waals surface area contributed by atoms with Crippen molar-refractivity contribution in [3.8, 4) is 0 Å². The Labute approximate surface area is 115 Å². The second-order valence-corrected chi connectivity index (χ2v) is 4.91. The van der Waals surface area contributed by atoms with Crippen molar-refractivity contribution >= 4 is 0 Å². The van der Waals surface area contributed by atoms with Gasteiger partial charge in [-0.25, -0.2) is 0 Å². The largest absolute Gasteiger partial charge is 0.306 e. The summed E-state index contributed by atoms with van der Waals surface area (Å²) < 4.78 is 0. The summed E-state index contributed by atoms with van der Waals surface area (Å²) in [7, 11) is 0. The monoisotopic (exact) mass is 255 g/mol. The van der Waals surface area contributed by atoms with E-state index >= 15 is 0 Å². The molecule has 100 valence electrons. The molecule has 1 aromatic carbocycles. The van der Waals surface area contributed by atoms with Gasteiger partial charge in [-0.3, -0.25) is 0 Å². The SMILES string of the molecule is CCCNC(c1ccnnc1)c1ccc(C)c(C)c1. The van der Waals surface area contributed by atoms with Gasteiger partial charge in [0.25, 0.3) is 0 Å². The zero-order valence-electron chi connectivity index (χ0n) is 11.9. The van der Waals surface area contributed by atoms with Crippen molar-refractivity contribution in [3.63, 3.8) is 0 Å². The van der Waals surface area contributed by atoms with E-state index in [0.29, 0.717) is 0 Å². The van der Waals surface area contributed by atoms with Gasteiger partial charge in [-0.05, 0) is 55.1 Å². The van der Waals surface area contributed by atoms with Gasteiger partial charge in [-0.15, -0.1) is 0 Å². The lowest BCUT2D eigenvalue weighted by Gasteiger charge is -2.20. The lowest BCUT2D eigenvalue weighted by atomic mass is 9.97. The normalized spacial score (nSPS) is 12.4. The van der Waals surface area contributed by atoms with Crippen LogP contribution in [0.25, 0.3) is 0 Å². The summed E-state index contributed by atoms with van der Waals surface area (Å²) in [4.78, 5) is 0. The molecule has 1 aromatic heterocycles. The van der Waals surface area contributed by atoms with E-state index in [0.717, 1.165) is 18.5 Å². The van der Waals surface area contributed by atoms with E-state index in [2.05, 4.69) is 54.5 Å². The Hall–Kier alpha value is -1.74. The molecule has 1 heterocycles. The van der Waals surface area contributed by atoms with Crippen LogP contribution in [0.5, 0.6) is 0 Å². The number of aryl methyl sites for hydroxylation is 2. The van der Waals surface area contributed by atoms with Crippen molar-refractivity contribution in [2.45, 2.75) is 33.2 Å². The highest BCUT2D eigenvalue weighted by Gasteiger charge is 2.14. The first-order valence-electron chi connectivity index (χ1n) is 6.79. The van der Waals surface area contributed by atoms with Gasteiger partial charge in [-0.1, -0.05) is 25.1 Å². The highest BCUT2D eigenvalue weighted by molar-refractivity contribution is 5.36. The van der Waals surface area contributed by atoms with Crippen LogP contribution in [-0.2, 0) is 0 Å². The summed E-state index contributed by atoms with van der Waals surface area (Å²) in [5.41, 5.74) is 5.09. The summed E-state index contributed by atoms with van der Waals surface area (Å²) in [5.74, 6) is 0. The van der Waals surface area contributed by atoms with Crippen LogP contribution in [0.3, 0.4) is 0 Å². The molecule has 2 aromatic rings. The first-order chi connectivity index (χ1) is 9.22. The third-order valence-corrected chi connectivity index (χ3v) is 3.40. The topological polar surface area (TPSA) is 37.8 Å². The van der Waals surface area contributed by atoms with E-state index in [-0.39, 0.29) is 6.04 Å². The molecule has 0 aliphatic heterocycles. The Morgan fingerprint density at radius 3 is 2.53 bits per heavy atom. The van der Waals surface area contributed by atoms with Gasteiger partial charge in [0.2, 0.25) is 0 Å². The third-order valence-electron chi connectivity index (χ3n) is 3.40. The zero-order chi connectivity index (χ0) is 13.7. The van der Waals surface area contributed by atoms with Gasteiger partial charge in [0, 0.05) is 6.20 Å². The van der Waals surface area contributed by atoms with Crippen LogP contribution in [0.1, 0.15) is 41.6 Å². The van der Waals surface area contributed by atoms with Crippen LogP contribution in [0.2, 0.25) is 0 Å². The fraction of sp³-hybridized carbons (Fsp3) is 0.375. The fourth-order valence-corrected chi connectivity index (χ4v) is 2.13. The molecule has 0 aliphatic carbocycles. The van der Waals surface area contributed by atoms with Gasteiger partial charge in [0.15, 0.2) is 0 Å². The van der Waals surface area contributed by atoms with Crippen LogP contribution in [0.15, 0.2) is 36.7 Å². The molecule has 1 N–H and O–H groups in total. The summed E-state index contributed by atoms with van der Waals surface area (Å²) in [5, 5.41) is 11.4. The number of nitrogens with zero attached hydrogens (tertiary/aromatic N) is 2. The molecule has 0 fully saturated rings. The predicted molar refractivity (Wildman–Crippen MR) is 78.1 cm³/mol. The number of nitrogens with one attached hydrogen (secondary N) is 1. The van der Waals surface area contributed by atoms with E-state index in [1.807, 2.05) is 12.3 Å². The third kappa shape index (κ3) is 3.38. The number of hydrogen-bond acceptors (Lipinski definition) is 3. The van der Waals surface area contributed by atoms with E-state index in [1.54, 1.807) is 6.20 Å². The van der Waals surface area contributed by atoms with Crippen LogP contribution < -0.4 is 5.32 Å². The van der Waals surface area contributed by atoms with Gasteiger partial charge >= 0.3 is 0 Å². The van der Waals surface area contributed by atoms with Crippen LogP contribution in [0.4, 0.5) is 0 Å². The van der Waals surface area contributed by atoms with Crippen molar-refractivity contribution in [2.75, 3.05) is 6.54 Å². The molecule has 1 unspecified atom stereocenters. The molecule has 0 saturated carbocycles. The second-order valence-electron chi connectivity index (χ2n) is 4.91. The lowest BCUT2D eigenvalue weighted by Crippen LogP contribution is -2.23. The Morgan fingerprint density at radius 1 is 1.05 bits per heavy atom. The average molecular weight is 255 g/mol. The maximum absolute atomic E-state index is 3.99. The molecular formula is C16H21N3. The highest BCUT2D eigenvalue weighted by Crippen LogP contribution is 2.23. The molecule has 1 atom stereocenters. The zero-order valence-corrected chi connectivity index (χ0v) is 11.9. The Morgan fingerprint density at radius 2 is 1.89 bits per heavy atom. The lowest BCUT2D eigenvalue weighted by molar-refractivity contribution is 0.595. The van der Waals surface area contributed by atoms with Crippen molar-refractivity contribution in [2.24, 2.45) is 0 Å². The molecule has 0 bridgehead atoms. The minimum absolute atomic E-state index is 0.190.